The molecular formula is C21H18F6N2O2S2. The summed E-state index contributed by atoms with van der Waals surface area (Å²) in [5.74, 6) is -1.43. The second kappa shape index (κ2) is 9.05. The molecule has 178 valence electrons. The average molecular weight is 509 g/mol. The van der Waals surface area contributed by atoms with Crippen molar-refractivity contribution in [1.29, 1.82) is 0 Å². The van der Waals surface area contributed by atoms with Crippen molar-refractivity contribution >= 4 is 21.2 Å². The van der Waals surface area contributed by atoms with Gasteiger partial charge in [-0.3, -0.25) is 4.98 Å². The Morgan fingerprint density at radius 1 is 1.00 bits per heavy atom. The Hall–Kier alpha value is -2.47. The maximum absolute atomic E-state index is 13.5. The third kappa shape index (κ3) is 5.91. The summed E-state index contributed by atoms with van der Waals surface area (Å²) in [7, 11) is -5.78. The summed E-state index contributed by atoms with van der Waals surface area (Å²) in [6.07, 6.45) is -2.70. The van der Waals surface area contributed by atoms with Gasteiger partial charge in [-0.2, -0.15) is 26.3 Å². The Labute approximate surface area is 190 Å². The zero-order valence-electron chi connectivity index (χ0n) is 17.3. The van der Waals surface area contributed by atoms with Gasteiger partial charge in [-0.25, -0.2) is 13.4 Å². The van der Waals surface area contributed by atoms with Gasteiger partial charge in [-0.1, -0.05) is 26.0 Å². The van der Waals surface area contributed by atoms with E-state index >= 15 is 0 Å². The molecule has 4 nitrogen and oxygen atoms in total. The number of aromatic nitrogens is 2. The molecule has 0 atom stereocenters. The maximum Gasteiger partial charge on any atom is 0.497 e. The molecule has 0 aliphatic carbocycles. The molecule has 2 aromatic heterocycles. The summed E-state index contributed by atoms with van der Waals surface area (Å²) in [6.45, 7) is 4.08. The van der Waals surface area contributed by atoms with E-state index in [2.05, 4.69) is 9.97 Å². The van der Waals surface area contributed by atoms with E-state index in [0.717, 1.165) is 29.8 Å². The molecule has 1 aromatic carbocycles. The monoisotopic (exact) mass is 508 g/mol. The molecule has 0 aliphatic rings. The van der Waals surface area contributed by atoms with Crippen molar-refractivity contribution < 1.29 is 34.8 Å². The van der Waals surface area contributed by atoms with Crippen LogP contribution in [-0.2, 0) is 28.2 Å². The van der Waals surface area contributed by atoms with E-state index in [9.17, 15) is 34.8 Å². The summed E-state index contributed by atoms with van der Waals surface area (Å²) in [6, 6.07) is 6.06. The largest absolute Gasteiger partial charge is 0.497 e. The predicted octanol–water partition coefficient (Wildman–Crippen LogP) is 6.52. The molecule has 0 N–H and O–H groups in total. The Morgan fingerprint density at radius 3 is 2.30 bits per heavy atom. The number of rotatable bonds is 6. The molecule has 12 heteroatoms. The van der Waals surface area contributed by atoms with Crippen molar-refractivity contribution in [1.82, 2.24) is 9.97 Å². The zero-order chi connectivity index (χ0) is 24.6. The SMILES string of the molecule is CC(C)Cc1cc(-c2nc(-c3ccc(CS(=O)(=O)C(F)(F)F)c(C(F)(F)F)c3)cs2)ccn1. The summed E-state index contributed by atoms with van der Waals surface area (Å²) in [4.78, 5) is 8.65. The molecule has 0 spiro atoms. The lowest BCUT2D eigenvalue weighted by Crippen LogP contribution is -2.26. The second-order valence-electron chi connectivity index (χ2n) is 7.75. The molecule has 33 heavy (non-hydrogen) atoms. The first-order chi connectivity index (χ1) is 15.2. The van der Waals surface area contributed by atoms with Gasteiger partial charge in [-0.05, 0) is 36.1 Å². The molecule has 0 fully saturated rings. The van der Waals surface area contributed by atoms with Gasteiger partial charge in [0.2, 0.25) is 0 Å². The van der Waals surface area contributed by atoms with E-state index < -0.39 is 38.4 Å². The summed E-state index contributed by atoms with van der Waals surface area (Å²) >= 11 is 1.19. The number of hydrogen-bond donors (Lipinski definition) is 0. The minimum absolute atomic E-state index is 0.00874. The van der Waals surface area contributed by atoms with Gasteiger partial charge in [0.1, 0.15) is 5.01 Å². The third-order valence-electron chi connectivity index (χ3n) is 4.59. The van der Waals surface area contributed by atoms with E-state index in [1.807, 2.05) is 19.9 Å². The fraction of sp³-hybridized carbons (Fsp3) is 0.333. The lowest BCUT2D eigenvalue weighted by Gasteiger charge is -2.15. The molecule has 2 heterocycles. The molecule has 0 radical (unpaired) electrons. The van der Waals surface area contributed by atoms with Gasteiger partial charge < -0.3 is 0 Å². The Balaban J connectivity index is 1.98. The molecule has 3 rings (SSSR count). The first-order valence-corrected chi connectivity index (χ1v) is 12.1. The van der Waals surface area contributed by atoms with Crippen LogP contribution >= 0.6 is 11.3 Å². The maximum atomic E-state index is 13.5. The molecule has 0 saturated heterocycles. The Morgan fingerprint density at radius 2 is 1.70 bits per heavy atom. The van der Waals surface area contributed by atoms with Gasteiger partial charge in [0, 0.05) is 28.4 Å². The minimum Gasteiger partial charge on any atom is -0.261 e. The zero-order valence-corrected chi connectivity index (χ0v) is 19.0. The number of nitrogens with zero attached hydrogens (tertiary/aromatic N) is 2. The van der Waals surface area contributed by atoms with Crippen molar-refractivity contribution in [2.75, 3.05) is 0 Å². The standard InChI is InChI=1S/C21H18F6N2O2S2/c1-12(2)7-16-8-14(5-6-28-16)19-29-18(10-32-19)13-3-4-15(17(9-13)20(22,23)24)11-33(30,31)21(25,26)27/h3-6,8-10,12H,7,11H2,1-2H3. The highest BCUT2D eigenvalue weighted by Crippen LogP contribution is 2.38. The van der Waals surface area contributed by atoms with Crippen LogP contribution in [0.3, 0.4) is 0 Å². The molecule has 0 unspecified atom stereocenters. The van der Waals surface area contributed by atoms with Crippen LogP contribution in [0.2, 0.25) is 0 Å². The third-order valence-corrected chi connectivity index (χ3v) is 6.88. The van der Waals surface area contributed by atoms with Crippen LogP contribution in [0.4, 0.5) is 26.3 Å². The molecule has 3 aromatic rings. The highest BCUT2D eigenvalue weighted by Gasteiger charge is 2.46. The number of sulfone groups is 1. The van der Waals surface area contributed by atoms with Crippen molar-refractivity contribution in [3.63, 3.8) is 0 Å². The highest BCUT2D eigenvalue weighted by atomic mass is 32.2. The second-order valence-corrected chi connectivity index (χ2v) is 10.6. The number of alkyl halides is 6. The Bertz CT molecular complexity index is 1250. The lowest BCUT2D eigenvalue weighted by molar-refractivity contribution is -0.138. The van der Waals surface area contributed by atoms with Crippen LogP contribution in [0.5, 0.6) is 0 Å². The minimum atomic E-state index is -5.78. The van der Waals surface area contributed by atoms with Gasteiger partial charge in [0.25, 0.3) is 9.84 Å². The van der Waals surface area contributed by atoms with Crippen LogP contribution in [0.15, 0.2) is 41.9 Å². The highest BCUT2D eigenvalue weighted by molar-refractivity contribution is 7.91. The van der Waals surface area contributed by atoms with E-state index in [1.54, 1.807) is 12.3 Å². The van der Waals surface area contributed by atoms with E-state index in [4.69, 9.17) is 0 Å². The number of halogens is 6. The number of benzene rings is 1. The van der Waals surface area contributed by atoms with Crippen LogP contribution < -0.4 is 0 Å². The van der Waals surface area contributed by atoms with Gasteiger partial charge >= 0.3 is 11.7 Å². The van der Waals surface area contributed by atoms with Crippen LogP contribution in [0, 0.1) is 5.92 Å². The van der Waals surface area contributed by atoms with E-state index in [0.29, 0.717) is 17.0 Å². The van der Waals surface area contributed by atoms with Crippen molar-refractivity contribution in [2.24, 2.45) is 5.92 Å². The van der Waals surface area contributed by atoms with Gasteiger partial charge in [0.15, 0.2) is 0 Å². The molecule has 0 saturated carbocycles. The Kier molecular flexibility index (Phi) is 6.90. The number of pyridine rings is 1. The van der Waals surface area contributed by atoms with Gasteiger partial charge in [-0.15, -0.1) is 11.3 Å². The fourth-order valence-electron chi connectivity index (χ4n) is 3.09. The first kappa shape index (κ1) is 25.2. The predicted molar refractivity (Wildman–Crippen MR) is 113 cm³/mol. The van der Waals surface area contributed by atoms with E-state index in [-0.39, 0.29) is 11.3 Å². The van der Waals surface area contributed by atoms with Crippen molar-refractivity contribution in [3.05, 3.63) is 58.7 Å². The normalized spacial score (nSPS) is 13.0. The molecule has 0 amide bonds. The fourth-order valence-corrected chi connectivity index (χ4v) is 4.74. The average Bonchev–Trinajstić information content (AvgIpc) is 3.16. The summed E-state index contributed by atoms with van der Waals surface area (Å²) in [5, 5.41) is 2.06. The van der Waals surface area contributed by atoms with Crippen molar-refractivity contribution in [2.45, 2.75) is 37.7 Å². The van der Waals surface area contributed by atoms with Crippen molar-refractivity contribution in [3.8, 4) is 21.8 Å². The van der Waals surface area contributed by atoms with E-state index in [1.165, 1.54) is 16.7 Å². The van der Waals surface area contributed by atoms with Crippen LogP contribution in [0.25, 0.3) is 21.8 Å². The van der Waals surface area contributed by atoms with Crippen LogP contribution in [-0.4, -0.2) is 23.9 Å². The van der Waals surface area contributed by atoms with Gasteiger partial charge in [0.05, 0.1) is 17.0 Å². The van der Waals surface area contributed by atoms with Crippen LogP contribution in [0.1, 0.15) is 30.7 Å². The number of hydrogen-bond acceptors (Lipinski definition) is 5. The molecule has 0 aliphatic heterocycles. The summed E-state index contributed by atoms with van der Waals surface area (Å²) in [5.41, 5.74) is -6.31. The quantitative estimate of drug-likeness (QED) is 0.356. The first-order valence-electron chi connectivity index (χ1n) is 9.57. The number of thiazole rings is 1. The lowest BCUT2D eigenvalue weighted by atomic mass is 10.0. The summed E-state index contributed by atoms with van der Waals surface area (Å²) < 4.78 is 101. The molecular weight excluding hydrogens is 490 g/mol. The smallest absolute Gasteiger partial charge is 0.261 e. The molecule has 0 bridgehead atoms. The topological polar surface area (TPSA) is 59.9 Å².